The Morgan fingerprint density at radius 3 is 2.68 bits per heavy atom. The van der Waals surface area contributed by atoms with E-state index in [9.17, 15) is 4.79 Å². The second kappa shape index (κ2) is 8.04. The van der Waals surface area contributed by atoms with E-state index in [1.807, 2.05) is 42.5 Å². The third-order valence-electron chi connectivity index (χ3n) is 4.72. The number of benzene rings is 2. The number of amides is 2. The van der Waals surface area contributed by atoms with E-state index in [4.69, 9.17) is 9.47 Å². The monoisotopic (exact) mass is 398 g/mol. The molecule has 2 aromatic carbocycles. The quantitative estimate of drug-likeness (QED) is 0.724. The van der Waals surface area contributed by atoms with Crippen molar-refractivity contribution < 1.29 is 14.3 Å². The number of carbonyl (C=O) groups excluding carboxylic acids is 1. The number of urea groups is 1. The molecule has 0 radical (unpaired) electrons. The lowest BCUT2D eigenvalue weighted by molar-refractivity contribution is 0.123. The van der Waals surface area contributed by atoms with Crippen molar-refractivity contribution in [1.82, 2.24) is 4.98 Å². The van der Waals surface area contributed by atoms with Crippen LogP contribution in [0, 0.1) is 0 Å². The van der Waals surface area contributed by atoms with Crippen molar-refractivity contribution in [1.29, 1.82) is 0 Å². The van der Waals surface area contributed by atoms with Crippen molar-refractivity contribution in [2.24, 2.45) is 0 Å². The van der Waals surface area contributed by atoms with Gasteiger partial charge in [0.25, 0.3) is 0 Å². The molecule has 1 saturated heterocycles. The molecule has 2 heterocycles. The lowest BCUT2D eigenvalue weighted by Gasteiger charge is -2.29. The first kappa shape index (κ1) is 18.5. The summed E-state index contributed by atoms with van der Waals surface area (Å²) in [4.78, 5) is 21.1. The van der Waals surface area contributed by atoms with Gasteiger partial charge < -0.3 is 14.4 Å². The van der Waals surface area contributed by atoms with Gasteiger partial charge in [-0.25, -0.2) is 9.78 Å². The molecule has 7 nitrogen and oxygen atoms in total. The van der Waals surface area contributed by atoms with E-state index in [0.717, 1.165) is 34.7 Å². The molecule has 0 atom stereocenters. The summed E-state index contributed by atoms with van der Waals surface area (Å²) in [6, 6.07) is 13.2. The van der Waals surface area contributed by atoms with Gasteiger partial charge in [0.1, 0.15) is 11.3 Å². The smallest absolute Gasteiger partial charge is 0.327 e. The molecule has 146 valence electrons. The molecule has 8 heteroatoms. The number of para-hydroxylation sites is 1. The Balaban J connectivity index is 1.63. The van der Waals surface area contributed by atoms with Gasteiger partial charge in [0, 0.05) is 25.8 Å². The molecule has 0 aliphatic carbocycles. The van der Waals surface area contributed by atoms with Gasteiger partial charge in [-0.15, -0.1) is 0 Å². The number of rotatable bonds is 4. The van der Waals surface area contributed by atoms with Crippen molar-refractivity contribution in [3.05, 3.63) is 42.5 Å². The second-order valence-electron chi connectivity index (χ2n) is 6.41. The van der Waals surface area contributed by atoms with E-state index in [1.165, 1.54) is 11.3 Å². The van der Waals surface area contributed by atoms with E-state index in [2.05, 4.69) is 15.2 Å². The van der Waals surface area contributed by atoms with Crippen LogP contribution in [0.25, 0.3) is 10.2 Å². The molecule has 28 heavy (non-hydrogen) atoms. The molecular weight excluding hydrogens is 376 g/mol. The number of thiazole rings is 1. The lowest BCUT2D eigenvalue weighted by atomic mass is 10.2. The van der Waals surface area contributed by atoms with Gasteiger partial charge in [-0.2, -0.15) is 0 Å². The Labute approximate surface area is 167 Å². The molecule has 0 spiro atoms. The van der Waals surface area contributed by atoms with Gasteiger partial charge in [0.2, 0.25) is 0 Å². The van der Waals surface area contributed by atoms with Crippen LogP contribution in [0.5, 0.6) is 5.75 Å². The zero-order chi connectivity index (χ0) is 19.5. The fourth-order valence-corrected chi connectivity index (χ4v) is 4.20. The Morgan fingerprint density at radius 2 is 1.96 bits per heavy atom. The molecule has 3 aromatic rings. The normalized spacial score (nSPS) is 14.1. The maximum absolute atomic E-state index is 12.7. The molecule has 1 N–H and O–H groups in total. The molecular formula is C20H22N4O3S. The van der Waals surface area contributed by atoms with Crippen molar-refractivity contribution in [3.8, 4) is 5.75 Å². The molecule has 1 aliphatic heterocycles. The zero-order valence-corrected chi connectivity index (χ0v) is 16.7. The molecule has 2 amide bonds. The van der Waals surface area contributed by atoms with Crippen LogP contribution in [-0.2, 0) is 4.74 Å². The summed E-state index contributed by atoms with van der Waals surface area (Å²) in [5.41, 5.74) is 2.66. The van der Waals surface area contributed by atoms with Crippen LogP contribution < -0.4 is 19.9 Å². The number of methoxy groups -OCH3 is 1. The van der Waals surface area contributed by atoms with Crippen molar-refractivity contribution in [2.75, 3.05) is 55.6 Å². The summed E-state index contributed by atoms with van der Waals surface area (Å²) in [6.45, 7) is 3.07. The zero-order valence-electron chi connectivity index (χ0n) is 15.8. The number of hydrogen-bond donors (Lipinski definition) is 1. The largest absolute Gasteiger partial charge is 0.494 e. The number of nitrogens with zero attached hydrogens (tertiary/aromatic N) is 3. The highest BCUT2D eigenvalue weighted by Crippen LogP contribution is 2.39. The predicted octanol–water partition coefficient (Wildman–Crippen LogP) is 3.81. The van der Waals surface area contributed by atoms with Crippen LogP contribution in [-0.4, -0.2) is 51.5 Å². The Hall–Kier alpha value is -2.84. The minimum absolute atomic E-state index is 0.239. The number of ether oxygens (including phenoxy) is 2. The maximum Gasteiger partial charge on any atom is 0.327 e. The number of hydrogen-bond acceptors (Lipinski definition) is 6. The number of aromatic nitrogens is 1. The summed E-state index contributed by atoms with van der Waals surface area (Å²) in [5, 5.41) is 3.45. The van der Waals surface area contributed by atoms with E-state index in [-0.39, 0.29) is 6.03 Å². The number of morpholine rings is 1. The Morgan fingerprint density at radius 1 is 1.21 bits per heavy atom. The molecule has 1 fully saturated rings. The highest BCUT2D eigenvalue weighted by molar-refractivity contribution is 7.23. The topological polar surface area (TPSA) is 66.9 Å². The summed E-state index contributed by atoms with van der Waals surface area (Å²) in [6.07, 6.45) is 0. The highest BCUT2D eigenvalue weighted by atomic mass is 32.1. The molecule has 4 rings (SSSR count). The average Bonchev–Trinajstić information content (AvgIpc) is 3.17. The first-order valence-corrected chi connectivity index (χ1v) is 9.89. The van der Waals surface area contributed by atoms with Gasteiger partial charge in [-0.3, -0.25) is 10.2 Å². The molecule has 1 aliphatic rings. The first-order valence-electron chi connectivity index (χ1n) is 9.07. The fourth-order valence-electron chi connectivity index (χ4n) is 3.19. The van der Waals surface area contributed by atoms with E-state index < -0.39 is 0 Å². The standard InChI is InChI=1S/C20H22N4O3S/c1-23(14-6-4-3-5-7-14)20(25)22-19-21-17-16(26-2)9-8-15(18(17)28-19)24-10-12-27-13-11-24/h3-9H,10-13H2,1-2H3,(H,21,22,25). The minimum atomic E-state index is -0.239. The minimum Gasteiger partial charge on any atom is -0.494 e. The van der Waals surface area contributed by atoms with Crippen LogP contribution in [0.2, 0.25) is 0 Å². The summed E-state index contributed by atoms with van der Waals surface area (Å²) in [5.74, 6) is 0.695. The van der Waals surface area contributed by atoms with Gasteiger partial charge in [-0.05, 0) is 24.3 Å². The molecule has 0 unspecified atom stereocenters. The Kier molecular flexibility index (Phi) is 5.31. The van der Waals surface area contributed by atoms with Gasteiger partial charge in [-0.1, -0.05) is 29.5 Å². The average molecular weight is 398 g/mol. The van der Waals surface area contributed by atoms with E-state index in [0.29, 0.717) is 24.1 Å². The highest BCUT2D eigenvalue weighted by Gasteiger charge is 2.20. The second-order valence-corrected chi connectivity index (χ2v) is 7.41. The van der Waals surface area contributed by atoms with E-state index in [1.54, 1.807) is 19.1 Å². The van der Waals surface area contributed by atoms with Crippen molar-refractivity contribution >= 4 is 44.1 Å². The van der Waals surface area contributed by atoms with Crippen LogP contribution in [0.1, 0.15) is 0 Å². The van der Waals surface area contributed by atoms with Gasteiger partial charge in [0.05, 0.1) is 30.7 Å². The summed E-state index contributed by atoms with van der Waals surface area (Å²) >= 11 is 1.46. The summed E-state index contributed by atoms with van der Waals surface area (Å²) in [7, 11) is 3.36. The SMILES string of the molecule is COc1ccc(N2CCOCC2)c2sc(NC(=O)N(C)c3ccccc3)nc12. The lowest BCUT2D eigenvalue weighted by Crippen LogP contribution is -2.36. The number of fused-ring (bicyclic) bond motifs is 1. The van der Waals surface area contributed by atoms with E-state index >= 15 is 0 Å². The molecule has 0 saturated carbocycles. The number of carbonyl (C=O) groups is 1. The predicted molar refractivity (Wildman–Crippen MR) is 113 cm³/mol. The van der Waals surface area contributed by atoms with Gasteiger partial charge >= 0.3 is 6.03 Å². The number of nitrogens with one attached hydrogen (secondary N) is 1. The Bertz CT molecular complexity index is 970. The van der Waals surface area contributed by atoms with Gasteiger partial charge in [0.15, 0.2) is 5.13 Å². The van der Waals surface area contributed by atoms with Crippen molar-refractivity contribution in [3.63, 3.8) is 0 Å². The maximum atomic E-state index is 12.7. The van der Waals surface area contributed by atoms with Crippen LogP contribution in [0.15, 0.2) is 42.5 Å². The van der Waals surface area contributed by atoms with Crippen molar-refractivity contribution in [2.45, 2.75) is 0 Å². The first-order chi connectivity index (χ1) is 13.7. The van der Waals surface area contributed by atoms with Crippen LogP contribution in [0.3, 0.4) is 0 Å². The molecule has 1 aromatic heterocycles. The number of anilines is 3. The third-order valence-corrected chi connectivity index (χ3v) is 5.71. The third kappa shape index (κ3) is 3.61. The van der Waals surface area contributed by atoms with Crippen LogP contribution in [0.4, 0.5) is 21.3 Å². The summed E-state index contributed by atoms with van der Waals surface area (Å²) < 4.78 is 11.9. The molecule has 0 bridgehead atoms. The van der Waals surface area contributed by atoms with Crippen LogP contribution >= 0.6 is 11.3 Å². The fraction of sp³-hybridized carbons (Fsp3) is 0.300.